The van der Waals surface area contributed by atoms with E-state index in [1.165, 1.54) is 70.6 Å². The lowest BCUT2D eigenvalue weighted by molar-refractivity contribution is 0.0767. The molecule has 0 aromatic heterocycles. The third-order valence-corrected chi connectivity index (χ3v) is 27.5. The van der Waals surface area contributed by atoms with Crippen LogP contribution in [0.15, 0.2) is 60.7 Å². The molecule has 0 bridgehead atoms. The molecule has 0 N–H and O–H groups in total. The molecule has 0 radical (unpaired) electrons. The second-order valence-electron chi connectivity index (χ2n) is 20.2. The SMILES string of the molecule is CC(C)[Si](OC(c1ccccc1)c1ccccc1)(O[Si](C)(C)C)O[Si](C)(C)C.CC(C)[Si](OC1CCCCCCCCCCC1)(O[Si](C)(C)C)O[Si](C)(C)C. The third-order valence-electron chi connectivity index (χ3n) is 9.08. The summed E-state index contributed by atoms with van der Waals surface area (Å²) < 4.78 is 41.2. The molecule has 0 heterocycles. The minimum Gasteiger partial charge on any atom is -0.416 e. The van der Waals surface area contributed by atoms with Crippen LogP contribution in [0.3, 0.4) is 0 Å². The molecule has 1 aliphatic carbocycles. The second-order valence-corrected chi connectivity index (χ2v) is 45.6. The van der Waals surface area contributed by atoms with E-state index in [4.69, 9.17) is 25.3 Å². The Bertz CT molecular complexity index is 1240. The molecule has 2 aromatic carbocycles. The van der Waals surface area contributed by atoms with Crippen molar-refractivity contribution in [2.45, 2.75) is 200 Å². The van der Waals surface area contributed by atoms with E-state index in [0.717, 1.165) is 11.1 Å². The molecule has 0 spiro atoms. The Hall–Kier alpha value is -0.499. The topological polar surface area (TPSA) is 55.4 Å². The van der Waals surface area contributed by atoms with Gasteiger partial charge in [0.2, 0.25) is 0 Å². The first-order valence-corrected chi connectivity index (χ1v) is 38.9. The monoisotopic (exact) mass is 864 g/mol. The first-order valence-electron chi connectivity index (χ1n) is 21.6. The van der Waals surface area contributed by atoms with Crippen molar-refractivity contribution in [1.29, 1.82) is 0 Å². The van der Waals surface area contributed by atoms with Gasteiger partial charge in [0, 0.05) is 17.2 Å². The van der Waals surface area contributed by atoms with Gasteiger partial charge in [0.15, 0.2) is 33.3 Å². The average Bonchev–Trinajstić information content (AvgIpc) is 3.03. The van der Waals surface area contributed by atoms with Gasteiger partial charge in [-0.2, -0.15) is 0 Å². The van der Waals surface area contributed by atoms with Crippen LogP contribution in [-0.4, -0.2) is 57.0 Å². The van der Waals surface area contributed by atoms with Crippen molar-refractivity contribution in [1.82, 2.24) is 0 Å². The summed E-state index contributed by atoms with van der Waals surface area (Å²) in [5, 5.41) is 0. The van der Waals surface area contributed by atoms with Crippen molar-refractivity contribution in [3.8, 4) is 0 Å². The van der Waals surface area contributed by atoms with Crippen molar-refractivity contribution in [2.75, 3.05) is 0 Å². The van der Waals surface area contributed by atoms with Crippen molar-refractivity contribution < 1.29 is 25.3 Å². The van der Waals surface area contributed by atoms with Crippen molar-refractivity contribution >= 4 is 50.9 Å². The zero-order chi connectivity index (χ0) is 41.6. The summed E-state index contributed by atoms with van der Waals surface area (Å²) in [6.07, 6.45) is 14.7. The molecule has 2 aromatic rings. The maximum atomic E-state index is 6.99. The van der Waals surface area contributed by atoms with Gasteiger partial charge in [-0.15, -0.1) is 0 Å². The molecule has 0 aliphatic heterocycles. The van der Waals surface area contributed by atoms with Crippen LogP contribution in [0.4, 0.5) is 0 Å². The highest BCUT2D eigenvalue weighted by Crippen LogP contribution is 2.39. The molecule has 1 aliphatic rings. The van der Waals surface area contributed by atoms with E-state index in [0.29, 0.717) is 11.6 Å². The molecule has 1 saturated carbocycles. The molecule has 6 nitrogen and oxygen atoms in total. The molecule has 12 heteroatoms. The quantitative estimate of drug-likeness (QED) is 0.157. The molecule has 3 rings (SSSR count). The van der Waals surface area contributed by atoms with Crippen LogP contribution in [-0.2, 0) is 25.3 Å². The number of hydrogen-bond donors (Lipinski definition) is 0. The lowest BCUT2D eigenvalue weighted by Gasteiger charge is -2.43. The van der Waals surface area contributed by atoms with Crippen molar-refractivity contribution in [2.24, 2.45) is 0 Å². The normalized spacial score (nSPS) is 16.8. The molecule has 55 heavy (non-hydrogen) atoms. The number of benzene rings is 2. The second kappa shape index (κ2) is 22.8. The van der Waals surface area contributed by atoms with E-state index in [1.54, 1.807) is 0 Å². The minimum atomic E-state index is -2.95. The van der Waals surface area contributed by atoms with Crippen molar-refractivity contribution in [3.05, 3.63) is 71.8 Å². The molecule has 0 unspecified atom stereocenters. The predicted molar refractivity (Wildman–Crippen MR) is 251 cm³/mol. The molecule has 316 valence electrons. The van der Waals surface area contributed by atoms with Gasteiger partial charge in [-0.05, 0) is 103 Å². The Labute approximate surface area is 346 Å². The zero-order valence-corrected chi connectivity index (χ0v) is 44.3. The summed E-state index contributed by atoms with van der Waals surface area (Å²) in [7, 11) is -12.9. The average molecular weight is 866 g/mol. The van der Waals surface area contributed by atoms with E-state index < -0.39 is 50.9 Å². The van der Waals surface area contributed by atoms with E-state index in [9.17, 15) is 0 Å². The van der Waals surface area contributed by atoms with E-state index in [1.807, 2.05) is 12.1 Å². The number of rotatable bonds is 16. The Kier molecular flexibility index (Phi) is 21.0. The first kappa shape index (κ1) is 50.6. The summed E-state index contributed by atoms with van der Waals surface area (Å²) in [5.41, 5.74) is 2.76. The summed E-state index contributed by atoms with van der Waals surface area (Å²) in [5.74, 6) is 0. The van der Waals surface area contributed by atoms with Gasteiger partial charge in [0.05, 0.1) is 0 Å². The number of hydrogen-bond acceptors (Lipinski definition) is 6. The molecule has 0 atom stereocenters. The Balaban J connectivity index is 0.000000380. The smallest absolute Gasteiger partial charge is 0.416 e. The maximum absolute atomic E-state index is 6.99. The van der Waals surface area contributed by atoms with Crippen LogP contribution in [0.25, 0.3) is 0 Å². The lowest BCUT2D eigenvalue weighted by Crippen LogP contribution is -2.60. The fraction of sp³-hybridized carbons (Fsp3) is 0.721. The van der Waals surface area contributed by atoms with Gasteiger partial charge < -0.3 is 25.3 Å². The van der Waals surface area contributed by atoms with Gasteiger partial charge >= 0.3 is 17.6 Å². The fourth-order valence-electron chi connectivity index (χ4n) is 6.81. The van der Waals surface area contributed by atoms with Crippen LogP contribution in [0.2, 0.25) is 89.6 Å². The summed E-state index contributed by atoms with van der Waals surface area (Å²) in [4.78, 5) is 0. The van der Waals surface area contributed by atoms with Crippen LogP contribution in [0.1, 0.15) is 116 Å². The Morgan fingerprint density at radius 3 is 1.00 bits per heavy atom. The van der Waals surface area contributed by atoms with Gasteiger partial charge in [-0.3, -0.25) is 0 Å². The van der Waals surface area contributed by atoms with Crippen LogP contribution >= 0.6 is 0 Å². The van der Waals surface area contributed by atoms with Crippen LogP contribution in [0.5, 0.6) is 0 Å². The lowest BCUT2D eigenvalue weighted by atomic mass is 10.00. The Morgan fingerprint density at radius 2 is 0.709 bits per heavy atom. The molecular formula is C43H84O6Si6. The molecule has 1 fully saturated rings. The van der Waals surface area contributed by atoms with Gasteiger partial charge in [0.25, 0.3) is 0 Å². The first-order chi connectivity index (χ1) is 25.4. The van der Waals surface area contributed by atoms with E-state index >= 15 is 0 Å². The predicted octanol–water partition coefficient (Wildman–Crippen LogP) is 14.6. The fourth-order valence-corrected chi connectivity index (χ4v) is 27.9. The van der Waals surface area contributed by atoms with E-state index in [-0.39, 0.29) is 11.6 Å². The minimum absolute atomic E-state index is 0.181. The highest BCUT2D eigenvalue weighted by Gasteiger charge is 2.53. The third kappa shape index (κ3) is 20.4. The zero-order valence-electron chi connectivity index (χ0n) is 38.3. The largest absolute Gasteiger partial charge is 0.483 e. The van der Waals surface area contributed by atoms with Gasteiger partial charge in [0.1, 0.15) is 6.10 Å². The van der Waals surface area contributed by atoms with Gasteiger partial charge in [-0.1, -0.05) is 146 Å². The highest BCUT2D eigenvalue weighted by molar-refractivity contribution is 6.87. The van der Waals surface area contributed by atoms with Crippen molar-refractivity contribution in [3.63, 3.8) is 0 Å². The van der Waals surface area contributed by atoms with E-state index in [2.05, 4.69) is 155 Å². The molecular weight excluding hydrogens is 781 g/mol. The maximum Gasteiger partial charge on any atom is 0.483 e. The molecule has 0 saturated heterocycles. The Morgan fingerprint density at radius 1 is 0.418 bits per heavy atom. The van der Waals surface area contributed by atoms with Gasteiger partial charge in [-0.25, -0.2) is 0 Å². The van der Waals surface area contributed by atoms with Crippen LogP contribution < -0.4 is 0 Å². The summed E-state index contributed by atoms with van der Waals surface area (Å²) in [6.45, 7) is 35.8. The standard InChI is InChI=1S/C22H36O3Si3.C21H48O3Si3/c1-19(2)28(24-26(3,4)5,25-27(6,7)8)23-22(20-15-11-9-12-16-20)21-17-13-10-14-18-21;1-20(2)27(23-25(3,4)5,24-26(6,7)8)22-21-18-16-14-12-10-9-11-13-15-17-19-21/h9-19,22H,1-8H3;20-21H,9-19H2,1-8H3. The summed E-state index contributed by atoms with van der Waals surface area (Å²) >= 11 is 0. The summed E-state index contributed by atoms with van der Waals surface area (Å²) in [6, 6.07) is 20.8. The molecule has 0 amide bonds. The van der Waals surface area contributed by atoms with Crippen LogP contribution in [0, 0.1) is 0 Å². The highest BCUT2D eigenvalue weighted by atomic mass is 28.5.